The topological polar surface area (TPSA) is 124 Å². The molecule has 0 bridgehead atoms. The van der Waals surface area contributed by atoms with E-state index in [1.165, 1.54) is 6.92 Å². The number of aliphatic hydroxyl groups is 1. The third-order valence-corrected chi connectivity index (χ3v) is 8.54. The highest BCUT2D eigenvalue weighted by Gasteiger charge is 2.70. The van der Waals surface area contributed by atoms with Gasteiger partial charge in [-0.05, 0) is 26.2 Å². The van der Waals surface area contributed by atoms with Crippen LogP contribution in [0.2, 0.25) is 0 Å². The molecule has 0 amide bonds. The molecule has 0 aromatic rings. The van der Waals surface area contributed by atoms with E-state index in [0.717, 1.165) is 0 Å². The Kier molecular flexibility index (Phi) is 6.44. The average Bonchev–Trinajstić information content (AvgIpc) is 2.29. The summed E-state index contributed by atoms with van der Waals surface area (Å²) in [5, 5.41) is 7.42. The summed E-state index contributed by atoms with van der Waals surface area (Å²) in [4.78, 5) is 28.8. The molecular weight excluding hydrogens is 294 g/mol. The minimum absolute atomic E-state index is 0.138. The number of hydrogen-bond acceptors (Lipinski definition) is 4. The van der Waals surface area contributed by atoms with Gasteiger partial charge in [-0.15, -0.1) is 0 Å². The van der Waals surface area contributed by atoms with Gasteiger partial charge in [-0.2, -0.15) is 0 Å². The van der Waals surface area contributed by atoms with Gasteiger partial charge in [0.05, 0.1) is 6.61 Å². The van der Waals surface area contributed by atoms with Crippen LogP contribution in [0.3, 0.4) is 0 Å². The zero-order valence-electron chi connectivity index (χ0n) is 11.7. The van der Waals surface area contributed by atoms with Crippen LogP contribution in [0.15, 0.2) is 0 Å². The molecule has 0 fully saturated rings. The lowest BCUT2D eigenvalue weighted by Gasteiger charge is -2.46. The van der Waals surface area contributed by atoms with Gasteiger partial charge in [-0.25, -0.2) is 0 Å². The third kappa shape index (κ3) is 2.98. The van der Waals surface area contributed by atoms with Crippen molar-refractivity contribution >= 4 is 15.2 Å². The fourth-order valence-corrected chi connectivity index (χ4v) is 6.69. The smallest absolute Gasteiger partial charge is 0.367 e. The minimum Gasteiger partial charge on any atom is -0.367 e. The van der Waals surface area contributed by atoms with Crippen molar-refractivity contribution in [2.24, 2.45) is 5.41 Å². The van der Waals surface area contributed by atoms with Crippen LogP contribution in [0.4, 0.5) is 0 Å². The summed E-state index contributed by atoms with van der Waals surface area (Å²) in [5.41, 5.74) is -1.40. The first kappa shape index (κ1) is 19.3. The predicted molar refractivity (Wildman–Crippen MR) is 71.8 cm³/mol. The Morgan fingerprint density at radius 1 is 0.947 bits per heavy atom. The molecule has 0 saturated carbocycles. The molecule has 0 aromatic carbocycles. The van der Waals surface area contributed by atoms with Crippen molar-refractivity contribution in [2.75, 3.05) is 6.61 Å². The van der Waals surface area contributed by atoms with Crippen LogP contribution in [0, 0.1) is 5.41 Å². The summed E-state index contributed by atoms with van der Waals surface area (Å²) < 4.78 is 28.5. The molecule has 2 atom stereocenters. The Bertz CT molecular complexity index is 379. The van der Waals surface area contributed by atoms with Crippen molar-refractivity contribution in [2.45, 2.75) is 52.0 Å². The fraction of sp³-hybridized carbons (Fsp3) is 1.00. The lowest BCUT2D eigenvalue weighted by Crippen LogP contribution is -2.47. The van der Waals surface area contributed by atoms with Gasteiger partial charge in [0, 0.05) is 5.41 Å². The van der Waals surface area contributed by atoms with E-state index in [1.807, 2.05) is 0 Å². The summed E-state index contributed by atoms with van der Waals surface area (Å²) >= 11 is 0. The van der Waals surface area contributed by atoms with Gasteiger partial charge >= 0.3 is 15.2 Å². The third-order valence-electron chi connectivity index (χ3n) is 3.85. The van der Waals surface area contributed by atoms with Gasteiger partial charge < -0.3 is 24.3 Å². The van der Waals surface area contributed by atoms with E-state index in [-0.39, 0.29) is 25.9 Å². The molecule has 0 spiro atoms. The summed E-state index contributed by atoms with van der Waals surface area (Å²) in [5.74, 6) is 0. The van der Waals surface area contributed by atoms with Gasteiger partial charge in [0.1, 0.15) is 0 Å². The summed E-state index contributed by atoms with van der Waals surface area (Å²) in [6.07, 6.45) is 0.414. The van der Waals surface area contributed by atoms with Crippen LogP contribution in [-0.4, -0.2) is 31.5 Å². The first-order valence-electron chi connectivity index (χ1n) is 6.25. The highest BCUT2D eigenvalue weighted by molar-refractivity contribution is 7.72. The van der Waals surface area contributed by atoms with Gasteiger partial charge in [-0.1, -0.05) is 20.8 Å². The fourth-order valence-electron chi connectivity index (χ4n) is 2.50. The van der Waals surface area contributed by atoms with Crippen molar-refractivity contribution in [1.82, 2.24) is 0 Å². The zero-order chi connectivity index (χ0) is 15.5. The maximum Gasteiger partial charge on any atom is 0.372 e. The molecule has 116 valence electrons. The Morgan fingerprint density at radius 2 is 1.32 bits per heavy atom. The standard InChI is InChI=1S/C10H24O7P2/c1-5-9(6-2,7-3)10(11,18(12,13)14)19(15,16)17-8-4/h11H,5-8H2,1-4H3,(H,15,16)(H2,12,13,14). The minimum atomic E-state index is -5.29. The summed E-state index contributed by atoms with van der Waals surface area (Å²) in [7, 11) is -10.2. The maximum atomic E-state index is 12.2. The second-order valence-electron chi connectivity index (χ2n) is 4.46. The normalized spacial score (nSPS) is 19.8. The van der Waals surface area contributed by atoms with E-state index in [4.69, 9.17) is 0 Å². The molecular formula is C10H24O7P2. The monoisotopic (exact) mass is 318 g/mol. The van der Waals surface area contributed by atoms with Crippen LogP contribution in [0.5, 0.6) is 0 Å². The van der Waals surface area contributed by atoms with Crippen LogP contribution < -0.4 is 0 Å². The number of rotatable bonds is 8. The van der Waals surface area contributed by atoms with E-state index in [1.54, 1.807) is 20.8 Å². The number of hydrogen-bond donors (Lipinski definition) is 4. The molecule has 0 saturated heterocycles. The molecule has 2 unspecified atom stereocenters. The van der Waals surface area contributed by atoms with Crippen molar-refractivity contribution in [3.05, 3.63) is 0 Å². The van der Waals surface area contributed by atoms with E-state index in [0.29, 0.717) is 0 Å². The van der Waals surface area contributed by atoms with Crippen LogP contribution in [0.1, 0.15) is 47.0 Å². The molecule has 7 nitrogen and oxygen atoms in total. The van der Waals surface area contributed by atoms with Gasteiger partial charge in [0.25, 0.3) is 5.08 Å². The Morgan fingerprint density at radius 3 is 1.53 bits per heavy atom. The van der Waals surface area contributed by atoms with Crippen LogP contribution in [-0.2, 0) is 13.7 Å². The highest BCUT2D eigenvalue weighted by atomic mass is 31.2. The second-order valence-corrected chi connectivity index (χ2v) is 8.49. The quantitative estimate of drug-likeness (QED) is 0.506. The van der Waals surface area contributed by atoms with Gasteiger partial charge in [0.2, 0.25) is 0 Å². The Balaban J connectivity index is 6.25. The van der Waals surface area contributed by atoms with Crippen LogP contribution in [0.25, 0.3) is 0 Å². The van der Waals surface area contributed by atoms with Crippen LogP contribution >= 0.6 is 15.2 Å². The maximum absolute atomic E-state index is 12.2. The van der Waals surface area contributed by atoms with E-state index in [9.17, 15) is 28.9 Å². The van der Waals surface area contributed by atoms with Gasteiger partial charge in [0.15, 0.2) is 0 Å². The second kappa shape index (κ2) is 6.35. The lowest BCUT2D eigenvalue weighted by molar-refractivity contribution is -0.00486. The first-order chi connectivity index (χ1) is 8.49. The molecule has 0 aliphatic heterocycles. The molecule has 0 aromatic heterocycles. The molecule has 9 heteroatoms. The van der Waals surface area contributed by atoms with Crippen molar-refractivity contribution < 1.29 is 33.4 Å². The van der Waals surface area contributed by atoms with E-state index >= 15 is 0 Å². The molecule has 0 heterocycles. The Labute approximate surface area is 113 Å². The molecule has 0 radical (unpaired) electrons. The average molecular weight is 318 g/mol. The Hall–Kier alpha value is 0.260. The van der Waals surface area contributed by atoms with Crippen molar-refractivity contribution in [3.8, 4) is 0 Å². The molecule has 4 N–H and O–H groups in total. The van der Waals surface area contributed by atoms with Crippen molar-refractivity contribution in [3.63, 3.8) is 0 Å². The molecule has 0 rings (SSSR count). The predicted octanol–water partition coefficient (Wildman–Crippen LogP) is 2.25. The molecule has 0 aliphatic rings. The SMILES string of the molecule is CCOP(=O)(O)C(O)(C(CC)(CC)CC)P(=O)(O)O. The van der Waals surface area contributed by atoms with E-state index < -0.39 is 25.7 Å². The summed E-state index contributed by atoms with van der Waals surface area (Å²) in [6.45, 7) is 6.01. The largest absolute Gasteiger partial charge is 0.372 e. The van der Waals surface area contributed by atoms with Gasteiger partial charge in [-0.3, -0.25) is 9.13 Å². The zero-order valence-corrected chi connectivity index (χ0v) is 13.5. The lowest BCUT2D eigenvalue weighted by atomic mass is 9.80. The summed E-state index contributed by atoms with van der Waals surface area (Å²) in [6, 6.07) is 0. The first-order valence-corrected chi connectivity index (χ1v) is 9.44. The highest BCUT2D eigenvalue weighted by Crippen LogP contribution is 2.77. The van der Waals surface area contributed by atoms with E-state index in [2.05, 4.69) is 4.52 Å². The van der Waals surface area contributed by atoms with Crippen molar-refractivity contribution in [1.29, 1.82) is 0 Å². The molecule has 0 aliphatic carbocycles. The molecule has 19 heavy (non-hydrogen) atoms.